The maximum absolute atomic E-state index is 11.1. The molecule has 1 heterocycles. The van der Waals surface area contributed by atoms with E-state index < -0.39 is 5.97 Å². The summed E-state index contributed by atoms with van der Waals surface area (Å²) in [5.41, 5.74) is -0.0563. The molecule has 1 N–H and O–H groups in total. The molecule has 1 aromatic heterocycles. The summed E-state index contributed by atoms with van der Waals surface area (Å²) in [7, 11) is 0. The molecule has 0 saturated carbocycles. The molecule has 0 spiro atoms. The zero-order chi connectivity index (χ0) is 14.0. The van der Waals surface area contributed by atoms with Crippen molar-refractivity contribution in [1.29, 1.82) is 0 Å². The molecule has 4 nitrogen and oxygen atoms in total. The number of carboxylic acid groups (broad SMARTS) is 1. The lowest BCUT2D eigenvalue weighted by Gasteiger charge is -2.09. The van der Waals surface area contributed by atoms with Gasteiger partial charge in [0.15, 0.2) is 0 Å². The van der Waals surface area contributed by atoms with Crippen LogP contribution in [0.2, 0.25) is 5.15 Å². The highest BCUT2D eigenvalue weighted by molar-refractivity contribution is 9.11. The molecule has 7 heteroatoms. The Balaban J connectivity index is 2.42. The van der Waals surface area contributed by atoms with Gasteiger partial charge in [0.25, 0.3) is 0 Å². The lowest BCUT2D eigenvalue weighted by Crippen LogP contribution is -2.02. The van der Waals surface area contributed by atoms with Crippen molar-refractivity contribution in [3.8, 4) is 11.6 Å². The SMILES string of the molecule is O=C(O)c1ccc(Cl)nc1Oc1ccc(Br)cc1Br. The molecule has 0 unspecified atom stereocenters. The van der Waals surface area contributed by atoms with Gasteiger partial charge in [0.1, 0.15) is 16.5 Å². The Hall–Kier alpha value is -1.11. The molecule has 0 aliphatic carbocycles. The first-order valence-electron chi connectivity index (χ1n) is 5.00. The van der Waals surface area contributed by atoms with Gasteiger partial charge in [-0.05, 0) is 46.3 Å². The molecule has 0 amide bonds. The van der Waals surface area contributed by atoms with E-state index in [-0.39, 0.29) is 16.6 Å². The molecule has 0 bridgehead atoms. The summed E-state index contributed by atoms with van der Waals surface area (Å²) in [5, 5.41) is 9.23. The number of ether oxygens (including phenoxy) is 1. The van der Waals surface area contributed by atoms with Gasteiger partial charge in [0.2, 0.25) is 5.88 Å². The molecular weight excluding hydrogens is 401 g/mol. The Labute approximate surface area is 130 Å². The molecule has 2 aromatic rings. The van der Waals surface area contributed by atoms with E-state index in [0.29, 0.717) is 10.2 Å². The summed E-state index contributed by atoms with van der Waals surface area (Å²) in [5.74, 6) is -0.740. The lowest BCUT2D eigenvalue weighted by atomic mass is 10.3. The molecular formula is C12H6Br2ClNO3. The van der Waals surface area contributed by atoms with Crippen molar-refractivity contribution in [3.05, 3.63) is 50.0 Å². The van der Waals surface area contributed by atoms with Gasteiger partial charge in [-0.25, -0.2) is 9.78 Å². The van der Waals surface area contributed by atoms with Gasteiger partial charge in [0.05, 0.1) is 4.47 Å². The maximum atomic E-state index is 11.1. The molecule has 0 atom stereocenters. The van der Waals surface area contributed by atoms with E-state index in [4.69, 9.17) is 21.4 Å². The number of rotatable bonds is 3. The summed E-state index contributed by atoms with van der Waals surface area (Å²) in [6.45, 7) is 0. The highest BCUT2D eigenvalue weighted by Gasteiger charge is 2.15. The predicted molar refractivity (Wildman–Crippen MR) is 78.1 cm³/mol. The standard InChI is InChI=1S/C12H6Br2ClNO3/c13-6-1-3-9(8(14)5-6)19-11-7(12(17)18)2-4-10(15)16-11/h1-5H,(H,17,18). The molecule has 0 saturated heterocycles. The van der Waals surface area contributed by atoms with E-state index in [1.807, 2.05) is 0 Å². The van der Waals surface area contributed by atoms with Gasteiger partial charge in [-0.2, -0.15) is 0 Å². The van der Waals surface area contributed by atoms with Crippen LogP contribution in [-0.2, 0) is 0 Å². The number of nitrogens with zero attached hydrogens (tertiary/aromatic N) is 1. The normalized spacial score (nSPS) is 10.3. The first-order valence-corrected chi connectivity index (χ1v) is 6.96. The van der Waals surface area contributed by atoms with Crippen LogP contribution in [0.3, 0.4) is 0 Å². The minimum absolute atomic E-state index is 0.0528. The van der Waals surface area contributed by atoms with E-state index in [2.05, 4.69) is 36.8 Å². The number of pyridine rings is 1. The van der Waals surface area contributed by atoms with Crippen molar-refractivity contribution < 1.29 is 14.6 Å². The van der Waals surface area contributed by atoms with Crippen LogP contribution in [-0.4, -0.2) is 16.1 Å². The fraction of sp³-hybridized carbons (Fsp3) is 0. The Morgan fingerprint density at radius 2 is 2.00 bits per heavy atom. The number of hydrogen-bond donors (Lipinski definition) is 1. The van der Waals surface area contributed by atoms with Crippen LogP contribution in [0.4, 0.5) is 0 Å². The second kappa shape index (κ2) is 5.90. The molecule has 2 rings (SSSR count). The van der Waals surface area contributed by atoms with E-state index in [1.165, 1.54) is 12.1 Å². The summed E-state index contributed by atoms with van der Waals surface area (Å²) in [6, 6.07) is 7.97. The fourth-order valence-electron chi connectivity index (χ4n) is 1.32. The molecule has 1 aromatic carbocycles. The smallest absolute Gasteiger partial charge is 0.341 e. The largest absolute Gasteiger partial charge is 0.477 e. The van der Waals surface area contributed by atoms with Gasteiger partial charge in [0, 0.05) is 4.47 Å². The Bertz CT molecular complexity index is 649. The van der Waals surface area contributed by atoms with Gasteiger partial charge in [-0.3, -0.25) is 0 Å². The van der Waals surface area contributed by atoms with Crippen LogP contribution >= 0.6 is 43.5 Å². The minimum Gasteiger partial charge on any atom is -0.477 e. The van der Waals surface area contributed by atoms with Crippen molar-refractivity contribution in [1.82, 2.24) is 4.98 Å². The molecule has 0 radical (unpaired) electrons. The molecule has 19 heavy (non-hydrogen) atoms. The number of halogens is 3. The van der Waals surface area contributed by atoms with Crippen LogP contribution in [0.15, 0.2) is 39.3 Å². The summed E-state index contributed by atoms with van der Waals surface area (Å²) >= 11 is 12.4. The monoisotopic (exact) mass is 405 g/mol. The summed E-state index contributed by atoms with van der Waals surface area (Å²) in [6.07, 6.45) is 0. The van der Waals surface area contributed by atoms with E-state index in [0.717, 1.165) is 4.47 Å². The predicted octanol–water partition coefficient (Wildman–Crippen LogP) is 4.75. The van der Waals surface area contributed by atoms with Gasteiger partial charge >= 0.3 is 5.97 Å². The third kappa shape index (κ3) is 3.46. The number of aromatic nitrogens is 1. The zero-order valence-corrected chi connectivity index (χ0v) is 13.2. The number of carboxylic acids is 1. The summed E-state index contributed by atoms with van der Waals surface area (Å²) < 4.78 is 7.03. The quantitative estimate of drug-likeness (QED) is 0.746. The topological polar surface area (TPSA) is 59.4 Å². The number of aromatic carboxylic acids is 1. The van der Waals surface area contributed by atoms with Crippen LogP contribution in [0.25, 0.3) is 0 Å². The van der Waals surface area contributed by atoms with E-state index in [1.54, 1.807) is 18.2 Å². The van der Waals surface area contributed by atoms with Crippen molar-refractivity contribution in [3.63, 3.8) is 0 Å². The first-order chi connectivity index (χ1) is 8.97. The zero-order valence-electron chi connectivity index (χ0n) is 9.23. The highest BCUT2D eigenvalue weighted by atomic mass is 79.9. The molecule has 98 valence electrons. The highest BCUT2D eigenvalue weighted by Crippen LogP contribution is 2.33. The van der Waals surface area contributed by atoms with Gasteiger partial charge in [-0.15, -0.1) is 0 Å². The average Bonchev–Trinajstić information content (AvgIpc) is 2.32. The third-order valence-electron chi connectivity index (χ3n) is 2.16. The first kappa shape index (κ1) is 14.3. The Morgan fingerprint density at radius 3 is 2.63 bits per heavy atom. The number of hydrogen-bond acceptors (Lipinski definition) is 3. The molecule has 0 aliphatic rings. The van der Waals surface area contributed by atoms with E-state index in [9.17, 15) is 4.79 Å². The lowest BCUT2D eigenvalue weighted by molar-refractivity contribution is 0.0693. The third-order valence-corrected chi connectivity index (χ3v) is 3.48. The van der Waals surface area contributed by atoms with E-state index >= 15 is 0 Å². The van der Waals surface area contributed by atoms with Crippen molar-refractivity contribution in [2.24, 2.45) is 0 Å². The van der Waals surface area contributed by atoms with Crippen LogP contribution in [0.5, 0.6) is 11.6 Å². The number of carbonyl (C=O) groups is 1. The van der Waals surface area contributed by atoms with Gasteiger partial charge < -0.3 is 9.84 Å². The Morgan fingerprint density at radius 1 is 1.26 bits per heavy atom. The Kier molecular flexibility index (Phi) is 4.44. The second-order valence-electron chi connectivity index (χ2n) is 3.47. The van der Waals surface area contributed by atoms with Crippen LogP contribution < -0.4 is 4.74 Å². The van der Waals surface area contributed by atoms with Gasteiger partial charge in [-0.1, -0.05) is 27.5 Å². The number of benzene rings is 1. The molecule has 0 fully saturated rings. The fourth-order valence-corrected chi connectivity index (χ4v) is 2.59. The second-order valence-corrected chi connectivity index (χ2v) is 5.63. The molecule has 0 aliphatic heterocycles. The van der Waals surface area contributed by atoms with Crippen molar-refractivity contribution >= 4 is 49.4 Å². The minimum atomic E-state index is -1.13. The average molecular weight is 407 g/mol. The van der Waals surface area contributed by atoms with Crippen LogP contribution in [0.1, 0.15) is 10.4 Å². The van der Waals surface area contributed by atoms with Crippen molar-refractivity contribution in [2.75, 3.05) is 0 Å². The van der Waals surface area contributed by atoms with Crippen LogP contribution in [0, 0.1) is 0 Å². The maximum Gasteiger partial charge on any atom is 0.341 e. The summed E-state index contributed by atoms with van der Waals surface area (Å²) in [4.78, 5) is 15.0. The van der Waals surface area contributed by atoms with Crippen molar-refractivity contribution in [2.45, 2.75) is 0 Å².